The zero-order valence-electron chi connectivity index (χ0n) is 19.0. The summed E-state index contributed by atoms with van der Waals surface area (Å²) < 4.78 is 95.6. The van der Waals surface area contributed by atoms with Crippen molar-refractivity contribution in [1.29, 1.82) is 0 Å². The summed E-state index contributed by atoms with van der Waals surface area (Å²) in [6.07, 6.45) is 1.27. The number of hydrogen-bond acceptors (Lipinski definition) is 4. The second-order valence-electron chi connectivity index (χ2n) is 7.69. The molecule has 0 atom stereocenters. The molecular formula is C25H15F6IN2O3. The summed E-state index contributed by atoms with van der Waals surface area (Å²) in [5.74, 6) is -12.5. The highest BCUT2D eigenvalue weighted by Gasteiger charge is 2.37. The van der Waals surface area contributed by atoms with Crippen molar-refractivity contribution in [2.24, 2.45) is 5.10 Å². The molecule has 4 rings (SSSR count). The summed E-state index contributed by atoms with van der Waals surface area (Å²) in [6, 6.07) is 9.14. The molecular weight excluding hydrogens is 617 g/mol. The van der Waals surface area contributed by atoms with Gasteiger partial charge in [0, 0.05) is 14.7 Å². The van der Waals surface area contributed by atoms with Crippen LogP contribution < -0.4 is 14.5 Å². The fraction of sp³-hybridized carbons (Fsp3) is 0.120. The van der Waals surface area contributed by atoms with E-state index in [1.807, 2.05) is 22.6 Å². The number of hydrazone groups is 1. The maximum Gasteiger partial charge on any atom is 0.280 e. The lowest BCUT2D eigenvalue weighted by Crippen LogP contribution is -2.25. The number of anilines is 1. The van der Waals surface area contributed by atoms with Gasteiger partial charge in [-0.25, -0.2) is 26.3 Å². The average molecular weight is 632 g/mol. The first kappa shape index (κ1) is 26.5. The SMILES string of the molecule is COc1cc(I)cc(/C=C2\C(=O)N(c3c(F)c(F)c(F)c(F)c3F)N=C2C)c1OCc1ccccc1F. The summed E-state index contributed by atoms with van der Waals surface area (Å²) >= 11 is 1.98. The summed E-state index contributed by atoms with van der Waals surface area (Å²) in [7, 11) is 1.37. The highest BCUT2D eigenvalue weighted by atomic mass is 127. The number of nitrogens with zero attached hydrogens (tertiary/aromatic N) is 2. The molecule has 0 saturated heterocycles. The van der Waals surface area contributed by atoms with Crippen LogP contribution in [-0.2, 0) is 11.4 Å². The molecule has 37 heavy (non-hydrogen) atoms. The van der Waals surface area contributed by atoms with Gasteiger partial charge in [0.15, 0.2) is 34.8 Å². The minimum atomic E-state index is -2.36. The van der Waals surface area contributed by atoms with E-state index in [9.17, 15) is 31.1 Å². The number of rotatable bonds is 6. The molecule has 0 unspecified atom stereocenters. The van der Waals surface area contributed by atoms with Gasteiger partial charge >= 0.3 is 0 Å². The average Bonchev–Trinajstić information content (AvgIpc) is 3.14. The maximum absolute atomic E-state index is 14.3. The topological polar surface area (TPSA) is 51.1 Å². The first-order valence-electron chi connectivity index (χ1n) is 10.4. The Morgan fingerprint density at radius 1 is 0.973 bits per heavy atom. The van der Waals surface area contributed by atoms with E-state index in [4.69, 9.17) is 9.47 Å². The van der Waals surface area contributed by atoms with E-state index >= 15 is 0 Å². The van der Waals surface area contributed by atoms with Crippen LogP contribution in [0.25, 0.3) is 6.08 Å². The van der Waals surface area contributed by atoms with Crippen molar-refractivity contribution in [2.45, 2.75) is 13.5 Å². The van der Waals surface area contributed by atoms with Crippen LogP contribution in [0.2, 0.25) is 0 Å². The lowest BCUT2D eigenvalue weighted by molar-refractivity contribution is -0.114. The van der Waals surface area contributed by atoms with E-state index in [0.717, 1.165) is 0 Å². The molecule has 5 nitrogen and oxygen atoms in total. The van der Waals surface area contributed by atoms with Gasteiger partial charge < -0.3 is 9.47 Å². The van der Waals surface area contributed by atoms with Crippen LogP contribution >= 0.6 is 22.6 Å². The van der Waals surface area contributed by atoms with Crippen LogP contribution in [0.5, 0.6) is 11.5 Å². The van der Waals surface area contributed by atoms with Crippen LogP contribution in [-0.4, -0.2) is 18.7 Å². The Morgan fingerprint density at radius 2 is 1.59 bits per heavy atom. The van der Waals surface area contributed by atoms with Gasteiger partial charge in [0.2, 0.25) is 5.82 Å². The molecule has 0 bridgehead atoms. The lowest BCUT2D eigenvalue weighted by Gasteiger charge is -2.16. The molecule has 0 N–H and O–H groups in total. The third-order valence-electron chi connectivity index (χ3n) is 5.36. The van der Waals surface area contributed by atoms with Gasteiger partial charge in [-0.15, -0.1) is 0 Å². The number of hydrogen-bond donors (Lipinski definition) is 0. The fourth-order valence-electron chi connectivity index (χ4n) is 3.54. The van der Waals surface area contributed by atoms with Gasteiger partial charge in [0.1, 0.15) is 18.1 Å². The standard InChI is InChI=1S/C25H15F6IN2O3/c1-11-15(25(35)34(33-11)23-21(30)19(28)18(27)20(29)22(23)31)8-13-7-14(32)9-17(36-2)24(13)37-10-12-5-3-4-6-16(12)26/h3-9H,10H2,1-2H3/b15-8-. The fourth-order valence-corrected chi connectivity index (χ4v) is 4.16. The predicted octanol–water partition coefficient (Wildman–Crippen LogP) is 6.52. The molecule has 1 heterocycles. The van der Waals surface area contributed by atoms with Crippen molar-refractivity contribution in [3.8, 4) is 11.5 Å². The Bertz CT molecular complexity index is 1460. The molecule has 1 aliphatic rings. The van der Waals surface area contributed by atoms with Crippen molar-refractivity contribution < 1.29 is 40.6 Å². The van der Waals surface area contributed by atoms with Gasteiger partial charge in [0.05, 0.1) is 18.4 Å². The Kier molecular flexibility index (Phi) is 7.48. The quantitative estimate of drug-likeness (QED) is 0.102. The Morgan fingerprint density at radius 3 is 2.22 bits per heavy atom. The van der Waals surface area contributed by atoms with Gasteiger partial charge in [-0.3, -0.25) is 4.79 Å². The third-order valence-corrected chi connectivity index (χ3v) is 5.98. The Labute approximate surface area is 220 Å². The van der Waals surface area contributed by atoms with Crippen LogP contribution in [0, 0.1) is 38.5 Å². The lowest BCUT2D eigenvalue weighted by atomic mass is 10.1. The molecule has 3 aromatic carbocycles. The highest BCUT2D eigenvalue weighted by Crippen LogP contribution is 2.38. The number of amides is 1. The van der Waals surface area contributed by atoms with E-state index in [2.05, 4.69) is 5.10 Å². The second kappa shape index (κ2) is 10.4. The van der Waals surface area contributed by atoms with Gasteiger partial charge in [-0.2, -0.15) is 10.1 Å². The minimum Gasteiger partial charge on any atom is -0.493 e. The van der Waals surface area contributed by atoms with Crippen LogP contribution in [0.1, 0.15) is 18.1 Å². The number of carbonyl (C=O) groups excluding carboxylic acids is 1. The van der Waals surface area contributed by atoms with Gasteiger partial charge in [-0.1, -0.05) is 18.2 Å². The summed E-state index contributed by atoms with van der Waals surface area (Å²) in [6.45, 7) is 1.12. The molecule has 12 heteroatoms. The van der Waals surface area contributed by atoms with Crippen LogP contribution in [0.3, 0.4) is 0 Å². The minimum absolute atomic E-state index is 0.0631. The van der Waals surface area contributed by atoms with Crippen molar-refractivity contribution >= 4 is 46.0 Å². The normalized spacial score (nSPS) is 14.4. The second-order valence-corrected chi connectivity index (χ2v) is 8.93. The predicted molar refractivity (Wildman–Crippen MR) is 131 cm³/mol. The monoisotopic (exact) mass is 632 g/mol. The Hall–Kier alpha value is -3.55. The van der Waals surface area contributed by atoms with E-state index in [-0.39, 0.29) is 45.5 Å². The molecule has 0 radical (unpaired) electrons. The third kappa shape index (κ3) is 4.89. The summed E-state index contributed by atoms with van der Waals surface area (Å²) in [4.78, 5) is 13.1. The van der Waals surface area contributed by atoms with E-state index < -0.39 is 46.5 Å². The molecule has 0 fully saturated rings. The number of benzene rings is 3. The molecule has 0 spiro atoms. The molecule has 192 valence electrons. The number of methoxy groups -OCH3 is 1. The van der Waals surface area contributed by atoms with E-state index in [1.54, 1.807) is 18.2 Å². The molecule has 0 aliphatic carbocycles. The van der Waals surface area contributed by atoms with Crippen LogP contribution in [0.4, 0.5) is 32.0 Å². The van der Waals surface area contributed by atoms with Crippen molar-refractivity contribution in [3.05, 3.63) is 91.6 Å². The number of halogens is 7. The first-order chi connectivity index (χ1) is 17.5. The number of carbonyl (C=O) groups is 1. The highest BCUT2D eigenvalue weighted by molar-refractivity contribution is 14.1. The zero-order chi connectivity index (χ0) is 27.0. The summed E-state index contributed by atoms with van der Waals surface area (Å²) in [5.41, 5.74) is -1.26. The van der Waals surface area contributed by atoms with E-state index in [0.29, 0.717) is 3.57 Å². The molecule has 1 aliphatic heterocycles. The van der Waals surface area contributed by atoms with Crippen molar-refractivity contribution in [3.63, 3.8) is 0 Å². The molecule has 0 saturated carbocycles. The smallest absolute Gasteiger partial charge is 0.280 e. The van der Waals surface area contributed by atoms with E-state index in [1.165, 1.54) is 38.3 Å². The van der Waals surface area contributed by atoms with Gasteiger partial charge in [0.25, 0.3) is 5.91 Å². The number of ether oxygens (including phenoxy) is 2. The molecule has 1 amide bonds. The van der Waals surface area contributed by atoms with Crippen molar-refractivity contribution in [2.75, 3.05) is 12.1 Å². The van der Waals surface area contributed by atoms with Gasteiger partial charge in [-0.05, 0) is 53.8 Å². The zero-order valence-corrected chi connectivity index (χ0v) is 21.2. The first-order valence-corrected chi connectivity index (χ1v) is 11.5. The molecule has 0 aromatic heterocycles. The van der Waals surface area contributed by atoms with Crippen molar-refractivity contribution in [1.82, 2.24) is 0 Å². The van der Waals surface area contributed by atoms with Crippen LogP contribution in [0.15, 0.2) is 47.1 Å². The molecule has 3 aromatic rings. The largest absolute Gasteiger partial charge is 0.493 e. The summed E-state index contributed by atoms with van der Waals surface area (Å²) in [5, 5.41) is 3.84. The Balaban J connectivity index is 1.77. The maximum atomic E-state index is 14.3.